The Hall–Kier alpha value is -0.340. The summed E-state index contributed by atoms with van der Waals surface area (Å²) >= 11 is 0. The Bertz CT molecular complexity index is 209. The molecule has 0 amide bonds. The number of rotatable bonds is 5. The van der Waals surface area contributed by atoms with E-state index in [-0.39, 0.29) is 11.0 Å². The summed E-state index contributed by atoms with van der Waals surface area (Å²) < 4.78 is 0. The summed E-state index contributed by atoms with van der Waals surface area (Å²) in [6, 6.07) is 0. The normalized spacial score (nSPS) is 14.1. The van der Waals surface area contributed by atoms with Crippen LogP contribution in [-0.2, 0) is 9.78 Å². The molecule has 15 heavy (non-hydrogen) atoms. The minimum Gasteiger partial charge on any atom is -0.230 e. The molecule has 0 rings (SSSR count). The fourth-order valence-corrected chi connectivity index (χ4v) is 1.56. The van der Waals surface area contributed by atoms with E-state index in [1.807, 2.05) is 27.7 Å². The fraction of sp³-hybridized carbons (Fsp3) is 0.846. The van der Waals surface area contributed by atoms with Crippen LogP contribution in [0.15, 0.2) is 12.7 Å². The molecule has 0 saturated heterocycles. The molecule has 0 aromatic heterocycles. The molecule has 0 atom stereocenters. The van der Waals surface area contributed by atoms with Crippen LogP contribution in [0.4, 0.5) is 0 Å². The second-order valence-corrected chi connectivity index (χ2v) is 6.47. The van der Waals surface area contributed by atoms with Gasteiger partial charge in [-0.2, -0.15) is 0 Å². The standard InChI is InChI=1S/C13H26O2/c1-9-12(5,6)14-15-13(7,8)10-11(2,3)4/h9H,1,10H2,2-8H3. The van der Waals surface area contributed by atoms with Gasteiger partial charge in [0, 0.05) is 0 Å². The molecule has 0 heterocycles. The maximum Gasteiger partial charge on any atom is 0.116 e. The van der Waals surface area contributed by atoms with E-state index in [2.05, 4.69) is 27.4 Å². The molecule has 0 unspecified atom stereocenters. The third-order valence-corrected chi connectivity index (χ3v) is 1.93. The summed E-state index contributed by atoms with van der Waals surface area (Å²) in [7, 11) is 0. The van der Waals surface area contributed by atoms with Gasteiger partial charge in [-0.25, -0.2) is 9.78 Å². The van der Waals surface area contributed by atoms with Gasteiger partial charge in [-0.3, -0.25) is 0 Å². The summed E-state index contributed by atoms with van der Waals surface area (Å²) in [5.74, 6) is 0. The van der Waals surface area contributed by atoms with Crippen molar-refractivity contribution in [1.82, 2.24) is 0 Å². The summed E-state index contributed by atoms with van der Waals surface area (Å²) in [4.78, 5) is 10.9. The van der Waals surface area contributed by atoms with E-state index < -0.39 is 5.60 Å². The fourth-order valence-electron chi connectivity index (χ4n) is 1.56. The second kappa shape index (κ2) is 4.67. The van der Waals surface area contributed by atoms with Crippen LogP contribution < -0.4 is 0 Å². The smallest absolute Gasteiger partial charge is 0.116 e. The lowest BCUT2D eigenvalue weighted by Gasteiger charge is -2.33. The highest BCUT2D eigenvalue weighted by Crippen LogP contribution is 2.30. The lowest BCUT2D eigenvalue weighted by atomic mass is 9.84. The Morgan fingerprint density at radius 1 is 0.933 bits per heavy atom. The van der Waals surface area contributed by atoms with E-state index in [1.54, 1.807) is 6.08 Å². The third-order valence-electron chi connectivity index (χ3n) is 1.93. The average Bonchev–Trinajstić information content (AvgIpc) is 1.97. The summed E-state index contributed by atoms with van der Waals surface area (Å²) in [6.45, 7) is 18.2. The van der Waals surface area contributed by atoms with Crippen LogP contribution in [0.3, 0.4) is 0 Å². The average molecular weight is 214 g/mol. The van der Waals surface area contributed by atoms with Crippen molar-refractivity contribution in [2.45, 2.75) is 66.1 Å². The second-order valence-electron chi connectivity index (χ2n) is 6.47. The first kappa shape index (κ1) is 14.7. The highest BCUT2D eigenvalue weighted by molar-refractivity contribution is 4.88. The Morgan fingerprint density at radius 2 is 1.40 bits per heavy atom. The summed E-state index contributed by atoms with van der Waals surface area (Å²) in [5, 5.41) is 0. The largest absolute Gasteiger partial charge is 0.230 e. The molecule has 0 bridgehead atoms. The maximum atomic E-state index is 5.49. The van der Waals surface area contributed by atoms with Gasteiger partial charge in [0.25, 0.3) is 0 Å². The first-order valence-electron chi connectivity index (χ1n) is 5.48. The van der Waals surface area contributed by atoms with Gasteiger partial charge in [-0.1, -0.05) is 26.8 Å². The van der Waals surface area contributed by atoms with E-state index in [0.29, 0.717) is 0 Å². The van der Waals surface area contributed by atoms with E-state index in [1.165, 1.54) is 0 Å². The molecular weight excluding hydrogens is 188 g/mol. The molecular formula is C13H26O2. The van der Waals surface area contributed by atoms with E-state index >= 15 is 0 Å². The van der Waals surface area contributed by atoms with Gasteiger partial charge in [0.1, 0.15) is 5.60 Å². The Kier molecular flexibility index (Phi) is 4.56. The first-order valence-corrected chi connectivity index (χ1v) is 5.48. The van der Waals surface area contributed by atoms with E-state index in [4.69, 9.17) is 9.78 Å². The predicted octanol–water partition coefficient (Wildman–Crippen LogP) is 4.11. The number of hydrogen-bond donors (Lipinski definition) is 0. The van der Waals surface area contributed by atoms with Gasteiger partial charge >= 0.3 is 0 Å². The number of hydrogen-bond acceptors (Lipinski definition) is 2. The summed E-state index contributed by atoms with van der Waals surface area (Å²) in [6.07, 6.45) is 2.67. The highest BCUT2D eigenvalue weighted by Gasteiger charge is 2.29. The molecule has 0 aliphatic rings. The highest BCUT2D eigenvalue weighted by atomic mass is 17.2. The van der Waals surface area contributed by atoms with Crippen molar-refractivity contribution in [3.63, 3.8) is 0 Å². The molecule has 0 aromatic carbocycles. The minimum absolute atomic E-state index is 0.227. The monoisotopic (exact) mass is 214 g/mol. The van der Waals surface area contributed by atoms with Gasteiger partial charge in [-0.05, 0) is 39.5 Å². The van der Waals surface area contributed by atoms with Crippen molar-refractivity contribution in [3.8, 4) is 0 Å². The molecule has 0 aromatic rings. The van der Waals surface area contributed by atoms with Crippen molar-refractivity contribution >= 4 is 0 Å². The molecule has 2 nitrogen and oxygen atoms in total. The van der Waals surface area contributed by atoms with Crippen molar-refractivity contribution in [3.05, 3.63) is 12.7 Å². The van der Waals surface area contributed by atoms with Crippen molar-refractivity contribution in [1.29, 1.82) is 0 Å². The van der Waals surface area contributed by atoms with E-state index in [9.17, 15) is 0 Å². The Morgan fingerprint density at radius 3 is 1.73 bits per heavy atom. The van der Waals surface area contributed by atoms with Gasteiger partial charge < -0.3 is 0 Å². The van der Waals surface area contributed by atoms with Crippen LogP contribution in [0, 0.1) is 5.41 Å². The van der Waals surface area contributed by atoms with Crippen LogP contribution in [0.5, 0.6) is 0 Å². The first-order chi connectivity index (χ1) is 6.47. The van der Waals surface area contributed by atoms with Gasteiger partial charge in [0.15, 0.2) is 0 Å². The lowest BCUT2D eigenvalue weighted by molar-refractivity contribution is -0.394. The molecule has 90 valence electrons. The molecule has 0 radical (unpaired) electrons. The van der Waals surface area contributed by atoms with Crippen LogP contribution in [0.1, 0.15) is 54.9 Å². The zero-order chi connectivity index (χ0) is 12.3. The third kappa shape index (κ3) is 7.57. The van der Waals surface area contributed by atoms with Crippen molar-refractivity contribution in [2.75, 3.05) is 0 Å². The summed E-state index contributed by atoms with van der Waals surface area (Å²) in [5.41, 5.74) is -0.487. The molecule has 0 aliphatic carbocycles. The minimum atomic E-state index is -0.435. The van der Waals surface area contributed by atoms with Gasteiger partial charge in [-0.15, -0.1) is 6.58 Å². The maximum absolute atomic E-state index is 5.49. The lowest BCUT2D eigenvalue weighted by Crippen LogP contribution is -2.34. The molecule has 0 fully saturated rings. The van der Waals surface area contributed by atoms with Crippen LogP contribution in [0.25, 0.3) is 0 Å². The van der Waals surface area contributed by atoms with Crippen LogP contribution >= 0.6 is 0 Å². The molecule has 0 aliphatic heterocycles. The molecule has 0 N–H and O–H groups in total. The quantitative estimate of drug-likeness (QED) is 0.389. The topological polar surface area (TPSA) is 18.5 Å². The molecule has 0 saturated carbocycles. The Balaban J connectivity index is 4.22. The molecule has 2 heteroatoms. The predicted molar refractivity (Wildman–Crippen MR) is 64.6 cm³/mol. The van der Waals surface area contributed by atoms with E-state index in [0.717, 1.165) is 6.42 Å². The van der Waals surface area contributed by atoms with Crippen molar-refractivity contribution < 1.29 is 9.78 Å². The SMILES string of the molecule is C=CC(C)(C)OOC(C)(C)CC(C)(C)C. The Labute approximate surface area is 94.6 Å². The zero-order valence-electron chi connectivity index (χ0n) is 11.3. The van der Waals surface area contributed by atoms with Gasteiger partial charge in [0.05, 0.1) is 5.60 Å². The molecule has 0 spiro atoms. The van der Waals surface area contributed by atoms with Crippen LogP contribution in [0.2, 0.25) is 0 Å². The van der Waals surface area contributed by atoms with Crippen LogP contribution in [-0.4, -0.2) is 11.2 Å². The van der Waals surface area contributed by atoms with Crippen molar-refractivity contribution in [2.24, 2.45) is 5.41 Å². The van der Waals surface area contributed by atoms with Gasteiger partial charge in [0.2, 0.25) is 0 Å². The zero-order valence-corrected chi connectivity index (χ0v) is 11.3.